The van der Waals surface area contributed by atoms with Crippen LogP contribution >= 0.6 is 0 Å². The smallest absolute Gasteiger partial charge is 0.410 e. The van der Waals surface area contributed by atoms with Crippen LogP contribution in [0, 0.1) is 5.41 Å². The number of nitrogens with zero attached hydrogens (tertiary/aromatic N) is 1. The molecule has 1 unspecified atom stereocenters. The molecule has 5 heteroatoms. The van der Waals surface area contributed by atoms with E-state index in [0.717, 1.165) is 5.57 Å². The largest absolute Gasteiger partial charge is 0.481 e. The van der Waals surface area contributed by atoms with Crippen LogP contribution in [0.3, 0.4) is 0 Å². The lowest BCUT2D eigenvalue weighted by Crippen LogP contribution is -2.51. The number of carboxylic acid groups (broad SMARTS) is 1. The predicted molar refractivity (Wildman–Crippen MR) is 76.5 cm³/mol. The van der Waals surface area contributed by atoms with Gasteiger partial charge in [0, 0.05) is 13.1 Å². The summed E-state index contributed by atoms with van der Waals surface area (Å²) in [6.07, 6.45) is 1.18. The summed E-state index contributed by atoms with van der Waals surface area (Å²) in [6.45, 7) is 11.7. The molecule has 0 aromatic heterocycles. The van der Waals surface area contributed by atoms with Crippen LogP contribution in [-0.2, 0) is 9.53 Å². The molecule has 1 heterocycles. The molecule has 1 fully saturated rings. The van der Waals surface area contributed by atoms with Crippen LogP contribution in [0.1, 0.15) is 47.0 Å². The number of carbonyl (C=O) groups is 2. The molecule has 1 atom stereocenters. The van der Waals surface area contributed by atoms with Crippen LogP contribution in [0.25, 0.3) is 0 Å². The minimum atomic E-state index is -0.930. The third kappa shape index (κ3) is 4.25. The first-order valence-corrected chi connectivity index (χ1v) is 6.91. The predicted octanol–water partition coefficient (Wildman–Crippen LogP) is 3.05. The molecule has 1 amide bonds. The van der Waals surface area contributed by atoms with Gasteiger partial charge in [-0.15, -0.1) is 6.58 Å². The Bertz CT molecular complexity index is 411. The van der Waals surface area contributed by atoms with Gasteiger partial charge in [0.15, 0.2) is 0 Å². The Morgan fingerprint density at radius 1 is 1.40 bits per heavy atom. The van der Waals surface area contributed by atoms with Crippen molar-refractivity contribution in [2.24, 2.45) is 5.41 Å². The van der Waals surface area contributed by atoms with Crippen LogP contribution in [0.15, 0.2) is 12.2 Å². The third-order valence-corrected chi connectivity index (χ3v) is 3.32. The molecule has 5 nitrogen and oxygen atoms in total. The summed E-state index contributed by atoms with van der Waals surface area (Å²) in [5, 5.41) is 9.55. The second kappa shape index (κ2) is 5.85. The molecular formula is C15H25NO4. The lowest BCUT2D eigenvalue weighted by atomic mass is 9.75. The Morgan fingerprint density at radius 2 is 2.00 bits per heavy atom. The summed E-state index contributed by atoms with van der Waals surface area (Å²) < 4.78 is 5.33. The highest BCUT2D eigenvalue weighted by molar-refractivity contribution is 5.77. The Morgan fingerprint density at radius 3 is 2.45 bits per heavy atom. The number of carboxylic acids is 1. The summed E-state index contributed by atoms with van der Waals surface area (Å²) in [4.78, 5) is 25.2. The Kier molecular flexibility index (Phi) is 4.84. The van der Waals surface area contributed by atoms with E-state index < -0.39 is 23.1 Å². The fourth-order valence-electron chi connectivity index (χ4n) is 2.59. The fraction of sp³-hybridized carbons (Fsp3) is 0.733. The molecule has 1 aliphatic rings. The molecule has 114 valence electrons. The number of hydrogen-bond acceptors (Lipinski definition) is 3. The van der Waals surface area contributed by atoms with Crippen LogP contribution in [0.2, 0.25) is 0 Å². The number of ether oxygens (including phenoxy) is 1. The van der Waals surface area contributed by atoms with E-state index in [0.29, 0.717) is 25.8 Å². The van der Waals surface area contributed by atoms with Crippen molar-refractivity contribution in [3.63, 3.8) is 0 Å². The number of aliphatic carboxylic acids is 1. The zero-order chi connectivity index (χ0) is 15.6. The van der Waals surface area contributed by atoms with Crippen LogP contribution in [0.5, 0.6) is 0 Å². The van der Waals surface area contributed by atoms with Gasteiger partial charge < -0.3 is 14.7 Å². The van der Waals surface area contributed by atoms with Crippen molar-refractivity contribution in [1.82, 2.24) is 4.90 Å². The van der Waals surface area contributed by atoms with Gasteiger partial charge in [-0.05, 0) is 47.0 Å². The quantitative estimate of drug-likeness (QED) is 0.808. The minimum absolute atomic E-state index is 0.185. The number of carbonyl (C=O) groups excluding carboxylic acids is 1. The molecule has 0 aromatic carbocycles. The van der Waals surface area contributed by atoms with Gasteiger partial charge in [-0.2, -0.15) is 0 Å². The summed E-state index contributed by atoms with van der Waals surface area (Å²) in [5.74, 6) is -0.867. The number of piperidine rings is 1. The van der Waals surface area contributed by atoms with E-state index >= 15 is 0 Å². The van der Waals surface area contributed by atoms with E-state index in [2.05, 4.69) is 6.58 Å². The monoisotopic (exact) mass is 283 g/mol. The second-order valence-corrected chi connectivity index (χ2v) is 6.72. The first-order valence-electron chi connectivity index (χ1n) is 6.91. The molecular weight excluding hydrogens is 258 g/mol. The molecule has 1 saturated heterocycles. The Balaban J connectivity index is 2.85. The van der Waals surface area contributed by atoms with Crippen molar-refractivity contribution in [3.8, 4) is 0 Å². The number of likely N-dealkylation sites (tertiary alicyclic amines) is 1. The SMILES string of the molecule is C=C(C)CC1(C(=O)O)CCCN(C(=O)OC(C)(C)C)C1. The van der Waals surface area contributed by atoms with Crippen molar-refractivity contribution in [3.05, 3.63) is 12.2 Å². The van der Waals surface area contributed by atoms with Gasteiger partial charge in [-0.3, -0.25) is 4.79 Å². The fourth-order valence-corrected chi connectivity index (χ4v) is 2.59. The lowest BCUT2D eigenvalue weighted by Gasteiger charge is -2.40. The van der Waals surface area contributed by atoms with E-state index in [4.69, 9.17) is 4.74 Å². The number of allylic oxidation sites excluding steroid dienone is 1. The first-order chi connectivity index (χ1) is 9.06. The molecule has 0 spiro atoms. The summed E-state index contributed by atoms with van der Waals surface area (Å²) in [6, 6.07) is 0. The van der Waals surface area contributed by atoms with Crippen molar-refractivity contribution in [2.45, 2.75) is 52.6 Å². The van der Waals surface area contributed by atoms with Crippen molar-refractivity contribution in [2.75, 3.05) is 13.1 Å². The number of rotatable bonds is 3. The average molecular weight is 283 g/mol. The van der Waals surface area contributed by atoms with Crippen LogP contribution in [-0.4, -0.2) is 40.8 Å². The maximum atomic E-state index is 12.1. The van der Waals surface area contributed by atoms with E-state index in [1.165, 1.54) is 4.90 Å². The van der Waals surface area contributed by atoms with Gasteiger partial charge in [0.2, 0.25) is 0 Å². The highest BCUT2D eigenvalue weighted by atomic mass is 16.6. The molecule has 20 heavy (non-hydrogen) atoms. The van der Waals surface area contributed by atoms with E-state index in [1.54, 1.807) is 20.8 Å². The lowest BCUT2D eigenvalue weighted by molar-refractivity contribution is -0.152. The summed E-state index contributed by atoms with van der Waals surface area (Å²) >= 11 is 0. The maximum Gasteiger partial charge on any atom is 0.410 e. The van der Waals surface area contributed by atoms with Crippen molar-refractivity contribution >= 4 is 12.1 Å². The highest BCUT2D eigenvalue weighted by Crippen LogP contribution is 2.36. The molecule has 0 aliphatic carbocycles. The molecule has 0 bridgehead atoms. The van der Waals surface area contributed by atoms with Crippen molar-refractivity contribution in [1.29, 1.82) is 0 Å². The normalized spacial score (nSPS) is 23.3. The molecule has 0 saturated carbocycles. The minimum Gasteiger partial charge on any atom is -0.481 e. The van der Waals surface area contributed by atoms with Crippen LogP contribution < -0.4 is 0 Å². The van der Waals surface area contributed by atoms with Gasteiger partial charge in [0.05, 0.1) is 5.41 Å². The molecule has 0 aromatic rings. The third-order valence-electron chi connectivity index (χ3n) is 3.32. The highest BCUT2D eigenvalue weighted by Gasteiger charge is 2.44. The average Bonchev–Trinajstić information content (AvgIpc) is 2.25. The van der Waals surface area contributed by atoms with E-state index in [-0.39, 0.29) is 6.54 Å². The van der Waals surface area contributed by atoms with Crippen molar-refractivity contribution < 1.29 is 19.4 Å². The van der Waals surface area contributed by atoms with Gasteiger partial charge in [-0.1, -0.05) is 5.57 Å². The zero-order valence-corrected chi connectivity index (χ0v) is 12.9. The second-order valence-electron chi connectivity index (χ2n) is 6.72. The van der Waals surface area contributed by atoms with Gasteiger partial charge in [0.25, 0.3) is 0 Å². The first kappa shape index (κ1) is 16.5. The Hall–Kier alpha value is -1.52. The summed E-state index contributed by atoms with van der Waals surface area (Å²) in [5.41, 5.74) is -0.686. The van der Waals surface area contributed by atoms with E-state index in [1.807, 2.05) is 6.92 Å². The number of amides is 1. The number of hydrogen-bond donors (Lipinski definition) is 1. The standard InChI is InChI=1S/C15H25NO4/c1-11(2)9-15(12(17)18)7-6-8-16(10-15)13(19)20-14(3,4)5/h1,6-10H2,2-5H3,(H,17,18). The molecule has 0 radical (unpaired) electrons. The zero-order valence-electron chi connectivity index (χ0n) is 12.9. The topological polar surface area (TPSA) is 66.8 Å². The van der Waals surface area contributed by atoms with E-state index in [9.17, 15) is 14.7 Å². The molecule has 1 N–H and O–H groups in total. The van der Waals surface area contributed by atoms with Gasteiger partial charge in [-0.25, -0.2) is 4.79 Å². The summed E-state index contributed by atoms with van der Waals surface area (Å²) in [7, 11) is 0. The Labute approximate surface area is 120 Å². The van der Waals surface area contributed by atoms with Crippen LogP contribution in [0.4, 0.5) is 4.79 Å². The van der Waals surface area contributed by atoms with Gasteiger partial charge >= 0.3 is 12.1 Å². The van der Waals surface area contributed by atoms with Gasteiger partial charge in [0.1, 0.15) is 5.60 Å². The molecule has 1 rings (SSSR count). The molecule has 1 aliphatic heterocycles. The maximum absolute atomic E-state index is 12.1.